The molecule has 0 unspecified atom stereocenters. The second kappa shape index (κ2) is 3.60. The molecule has 0 aromatic carbocycles. The maximum atomic E-state index is 3.61. The van der Waals surface area contributed by atoms with Gasteiger partial charge in [0.05, 0.1) is 0 Å². The fraction of sp³-hybridized carbons (Fsp3) is 1.00. The lowest BCUT2D eigenvalue weighted by Crippen LogP contribution is -2.09. The quantitative estimate of drug-likeness (QED) is 0.600. The molecule has 0 spiro atoms. The van der Waals surface area contributed by atoms with E-state index >= 15 is 0 Å². The summed E-state index contributed by atoms with van der Waals surface area (Å²) >= 11 is 3.61. The lowest BCUT2D eigenvalue weighted by Gasteiger charge is -2.16. The zero-order valence-corrected chi connectivity index (χ0v) is 8.46. The first-order valence-corrected chi connectivity index (χ1v) is 4.40. The molecule has 0 aliphatic heterocycles. The summed E-state index contributed by atoms with van der Waals surface area (Å²) in [7, 11) is 0. The fourth-order valence-electron chi connectivity index (χ4n) is 0.632. The van der Waals surface area contributed by atoms with E-state index in [0.717, 1.165) is 5.92 Å². The van der Waals surface area contributed by atoms with E-state index in [-0.39, 0.29) is 0 Å². The first kappa shape index (κ1) is 9.48. The van der Waals surface area contributed by atoms with Crippen molar-refractivity contribution < 1.29 is 0 Å². The van der Waals surface area contributed by atoms with Crippen molar-refractivity contribution in [3.63, 3.8) is 0 Å². The molecule has 1 heteroatoms. The van der Waals surface area contributed by atoms with Gasteiger partial charge in [0.1, 0.15) is 0 Å². The van der Waals surface area contributed by atoms with Crippen molar-refractivity contribution in [1.82, 2.24) is 0 Å². The second-order valence-corrected chi connectivity index (χ2v) is 5.80. The minimum absolute atomic E-state index is 0.345. The van der Waals surface area contributed by atoms with Gasteiger partial charge < -0.3 is 0 Å². The molecule has 0 amide bonds. The van der Waals surface area contributed by atoms with Crippen LogP contribution in [-0.4, -0.2) is 4.32 Å². The Labute approximate surface area is 67.2 Å². The van der Waals surface area contributed by atoms with E-state index in [1.165, 1.54) is 12.8 Å². The monoisotopic (exact) mass is 192 g/mol. The van der Waals surface area contributed by atoms with Crippen LogP contribution in [0.4, 0.5) is 0 Å². The van der Waals surface area contributed by atoms with Crippen LogP contribution in [0, 0.1) is 5.92 Å². The van der Waals surface area contributed by atoms with E-state index in [9.17, 15) is 0 Å². The van der Waals surface area contributed by atoms with Crippen LogP contribution in [0.5, 0.6) is 0 Å². The Morgan fingerprint density at radius 2 is 1.78 bits per heavy atom. The zero-order valence-electron chi connectivity index (χ0n) is 6.87. The lowest BCUT2D eigenvalue weighted by molar-refractivity contribution is 0.507. The van der Waals surface area contributed by atoms with E-state index in [2.05, 4.69) is 43.6 Å². The highest BCUT2D eigenvalue weighted by Crippen LogP contribution is 2.24. The van der Waals surface area contributed by atoms with Gasteiger partial charge in [-0.2, -0.15) is 0 Å². The Morgan fingerprint density at radius 1 is 1.33 bits per heavy atom. The van der Waals surface area contributed by atoms with Crippen LogP contribution in [0.2, 0.25) is 0 Å². The number of rotatable bonds is 3. The van der Waals surface area contributed by atoms with E-state index in [0.29, 0.717) is 4.32 Å². The van der Waals surface area contributed by atoms with Gasteiger partial charge >= 0.3 is 0 Å². The van der Waals surface area contributed by atoms with E-state index in [1.807, 2.05) is 0 Å². The second-order valence-electron chi connectivity index (χ2n) is 3.65. The topological polar surface area (TPSA) is 0 Å². The Morgan fingerprint density at radius 3 is 1.89 bits per heavy atom. The summed E-state index contributed by atoms with van der Waals surface area (Å²) in [5, 5.41) is 0. The molecular formula is C8H17Br. The van der Waals surface area contributed by atoms with Crippen molar-refractivity contribution in [2.75, 3.05) is 0 Å². The van der Waals surface area contributed by atoms with Gasteiger partial charge in [-0.3, -0.25) is 0 Å². The predicted octanol–water partition coefficient (Wildman–Crippen LogP) is 3.60. The smallest absolute Gasteiger partial charge is 0.0201 e. The van der Waals surface area contributed by atoms with Gasteiger partial charge in [-0.1, -0.05) is 43.6 Å². The van der Waals surface area contributed by atoms with Crippen LogP contribution in [0.25, 0.3) is 0 Å². The first-order chi connectivity index (χ1) is 3.92. The highest BCUT2D eigenvalue weighted by atomic mass is 79.9. The Bertz CT molecular complexity index is 69.1. The fourth-order valence-corrected chi connectivity index (χ4v) is 0.861. The van der Waals surface area contributed by atoms with Crippen LogP contribution in [-0.2, 0) is 0 Å². The van der Waals surface area contributed by atoms with Crippen molar-refractivity contribution in [2.45, 2.75) is 44.9 Å². The van der Waals surface area contributed by atoms with Crippen molar-refractivity contribution in [2.24, 2.45) is 5.92 Å². The molecule has 9 heavy (non-hydrogen) atoms. The summed E-state index contributed by atoms with van der Waals surface area (Å²) in [6.45, 7) is 8.96. The van der Waals surface area contributed by atoms with Crippen LogP contribution in [0.1, 0.15) is 40.5 Å². The van der Waals surface area contributed by atoms with Gasteiger partial charge in [0, 0.05) is 4.32 Å². The highest BCUT2D eigenvalue weighted by molar-refractivity contribution is 9.10. The molecule has 0 aliphatic rings. The molecule has 0 N–H and O–H groups in total. The van der Waals surface area contributed by atoms with E-state index < -0.39 is 0 Å². The van der Waals surface area contributed by atoms with Gasteiger partial charge in [0.2, 0.25) is 0 Å². The van der Waals surface area contributed by atoms with E-state index in [1.54, 1.807) is 0 Å². The molecule has 0 nitrogen and oxygen atoms in total. The van der Waals surface area contributed by atoms with Crippen molar-refractivity contribution >= 4 is 15.9 Å². The molecule has 0 aromatic rings. The average molecular weight is 193 g/mol. The highest BCUT2D eigenvalue weighted by Gasteiger charge is 2.11. The molecule has 0 heterocycles. The summed E-state index contributed by atoms with van der Waals surface area (Å²) in [5.74, 6) is 0.835. The maximum absolute atomic E-state index is 3.61. The van der Waals surface area contributed by atoms with Crippen molar-refractivity contribution in [3.05, 3.63) is 0 Å². The first-order valence-electron chi connectivity index (χ1n) is 3.61. The Kier molecular flexibility index (Phi) is 3.79. The lowest BCUT2D eigenvalue weighted by atomic mass is 10.0. The number of halogens is 1. The maximum Gasteiger partial charge on any atom is 0.0201 e. The molecule has 0 rings (SSSR count). The van der Waals surface area contributed by atoms with Gasteiger partial charge in [-0.25, -0.2) is 0 Å². The van der Waals surface area contributed by atoms with Crippen LogP contribution in [0.15, 0.2) is 0 Å². The zero-order chi connectivity index (χ0) is 7.49. The standard InChI is InChI=1S/C8H17Br/c1-7(2)5-6-8(3,4)9/h7H,5-6H2,1-4H3. The number of alkyl halides is 1. The van der Waals surface area contributed by atoms with E-state index in [4.69, 9.17) is 0 Å². The molecule has 56 valence electrons. The normalized spacial score (nSPS) is 12.7. The van der Waals surface area contributed by atoms with Crippen LogP contribution >= 0.6 is 15.9 Å². The largest absolute Gasteiger partial charge is 0.0859 e. The molecule has 0 saturated heterocycles. The van der Waals surface area contributed by atoms with Gasteiger partial charge in [0.25, 0.3) is 0 Å². The SMILES string of the molecule is CC(C)CCC(C)(C)Br. The summed E-state index contributed by atoms with van der Waals surface area (Å²) in [6, 6.07) is 0. The molecule has 0 radical (unpaired) electrons. The van der Waals surface area contributed by atoms with Crippen LogP contribution < -0.4 is 0 Å². The number of hydrogen-bond acceptors (Lipinski definition) is 0. The molecule has 0 atom stereocenters. The molecule has 0 aromatic heterocycles. The summed E-state index contributed by atoms with van der Waals surface area (Å²) in [6.07, 6.45) is 2.59. The van der Waals surface area contributed by atoms with Gasteiger partial charge in [0.15, 0.2) is 0 Å². The summed E-state index contributed by atoms with van der Waals surface area (Å²) in [4.78, 5) is 0. The minimum Gasteiger partial charge on any atom is -0.0859 e. The predicted molar refractivity (Wildman–Crippen MR) is 47.1 cm³/mol. The molecule has 0 aliphatic carbocycles. The summed E-state index contributed by atoms with van der Waals surface area (Å²) in [5.41, 5.74) is 0. The average Bonchev–Trinajstić information content (AvgIpc) is 1.59. The third-order valence-corrected chi connectivity index (χ3v) is 1.71. The molecular weight excluding hydrogens is 176 g/mol. The number of hydrogen-bond donors (Lipinski definition) is 0. The summed E-state index contributed by atoms with van der Waals surface area (Å²) < 4.78 is 0.345. The third kappa shape index (κ3) is 8.48. The minimum atomic E-state index is 0.345. The van der Waals surface area contributed by atoms with Gasteiger partial charge in [-0.05, 0) is 18.8 Å². The van der Waals surface area contributed by atoms with Gasteiger partial charge in [-0.15, -0.1) is 0 Å². The third-order valence-electron chi connectivity index (χ3n) is 1.32. The molecule has 0 fully saturated rings. The van der Waals surface area contributed by atoms with Crippen LogP contribution in [0.3, 0.4) is 0 Å². The molecule has 0 bridgehead atoms. The molecule has 0 saturated carbocycles. The van der Waals surface area contributed by atoms with Crippen molar-refractivity contribution in [1.29, 1.82) is 0 Å². The Hall–Kier alpha value is 0.480. The van der Waals surface area contributed by atoms with Crippen molar-refractivity contribution in [3.8, 4) is 0 Å². The Balaban J connectivity index is 3.28.